The third-order valence-corrected chi connectivity index (χ3v) is 5.82. The molecule has 0 aliphatic carbocycles. The summed E-state index contributed by atoms with van der Waals surface area (Å²) in [7, 11) is 0. The van der Waals surface area contributed by atoms with Gasteiger partial charge < -0.3 is 14.8 Å². The number of benzene rings is 1. The molecule has 3 heterocycles. The first-order chi connectivity index (χ1) is 14.2. The summed E-state index contributed by atoms with van der Waals surface area (Å²) < 4.78 is 11.4. The Bertz CT molecular complexity index is 961. The average molecular weight is 474 g/mol. The molecule has 1 fully saturated rings. The molecule has 3 aromatic rings. The van der Waals surface area contributed by atoms with E-state index in [4.69, 9.17) is 4.74 Å². The van der Waals surface area contributed by atoms with Crippen LogP contribution >= 0.6 is 27.5 Å². The van der Waals surface area contributed by atoms with Gasteiger partial charge in [-0.3, -0.25) is 4.90 Å². The van der Waals surface area contributed by atoms with E-state index in [2.05, 4.69) is 40.5 Å². The van der Waals surface area contributed by atoms with Crippen LogP contribution in [0.1, 0.15) is 24.6 Å². The lowest BCUT2D eigenvalue weighted by Gasteiger charge is -2.28. The van der Waals surface area contributed by atoms with Crippen molar-refractivity contribution in [2.24, 2.45) is 0 Å². The number of hydrogen-bond acceptors (Lipinski definition) is 8. The highest BCUT2D eigenvalue weighted by Crippen LogP contribution is 2.34. The van der Waals surface area contributed by atoms with E-state index in [1.54, 1.807) is 6.20 Å². The van der Waals surface area contributed by atoms with Crippen molar-refractivity contribution in [3.05, 3.63) is 52.9 Å². The lowest BCUT2D eigenvalue weighted by Crippen LogP contribution is -2.34. The second-order valence-electron chi connectivity index (χ2n) is 6.74. The zero-order chi connectivity index (χ0) is 20.1. The summed E-state index contributed by atoms with van der Waals surface area (Å²) in [6.45, 7) is 2.30. The molecule has 0 spiro atoms. The molecular weight excluding hydrogens is 454 g/mol. The zero-order valence-electron chi connectivity index (χ0n) is 15.6. The van der Waals surface area contributed by atoms with Gasteiger partial charge in [0.15, 0.2) is 11.6 Å². The fraction of sp³-hybridized carbons (Fsp3) is 0.300. The molecule has 1 saturated heterocycles. The molecule has 1 aliphatic heterocycles. The molecular formula is C20H20BrN5O2S. The molecule has 0 saturated carbocycles. The van der Waals surface area contributed by atoms with Crippen molar-refractivity contribution in [3.8, 4) is 11.5 Å². The first kappa shape index (κ1) is 19.9. The Labute approximate surface area is 181 Å². The van der Waals surface area contributed by atoms with Gasteiger partial charge in [0.1, 0.15) is 17.9 Å². The highest BCUT2D eigenvalue weighted by molar-refractivity contribution is 9.10. The van der Waals surface area contributed by atoms with Gasteiger partial charge >= 0.3 is 0 Å². The average Bonchev–Trinajstić information content (AvgIpc) is 3.20. The summed E-state index contributed by atoms with van der Waals surface area (Å²) in [5.74, 6) is 3.09. The van der Waals surface area contributed by atoms with Crippen molar-refractivity contribution in [1.29, 1.82) is 0 Å². The van der Waals surface area contributed by atoms with Gasteiger partial charge in [0.05, 0.1) is 6.54 Å². The fourth-order valence-electron chi connectivity index (χ4n) is 3.24. The molecule has 7 nitrogen and oxygen atoms in total. The summed E-state index contributed by atoms with van der Waals surface area (Å²) in [4.78, 5) is 21.9. The van der Waals surface area contributed by atoms with Crippen molar-refractivity contribution >= 4 is 44.7 Å². The topological polar surface area (TPSA) is 80.2 Å². The lowest BCUT2D eigenvalue weighted by molar-refractivity contribution is -0.109. The number of halogens is 1. The molecule has 0 unspecified atom stereocenters. The molecule has 1 N–H and O–H groups in total. The van der Waals surface area contributed by atoms with Crippen LogP contribution in [0.4, 0.5) is 10.9 Å². The van der Waals surface area contributed by atoms with E-state index < -0.39 is 0 Å². The largest absolute Gasteiger partial charge is 0.453 e. The number of carbonyl (C=O) groups excluding carboxylic acids is 1. The van der Waals surface area contributed by atoms with E-state index in [-0.39, 0.29) is 0 Å². The first-order valence-electron chi connectivity index (χ1n) is 9.36. The minimum absolute atomic E-state index is 0.322. The maximum atomic E-state index is 10.7. The van der Waals surface area contributed by atoms with Crippen molar-refractivity contribution in [1.82, 2.24) is 19.2 Å². The standard InChI is InChI=1S/C20H20BrN5O2S/c21-15-12-17(28-16-4-2-1-3-5-16)19(22-13-15)24-20-23-18(25-29-20)14-6-8-26(9-7-14)10-11-27/h1-5,11-14H,6-10H2,(H,22,23,24,25). The van der Waals surface area contributed by atoms with Crippen LogP contribution in [-0.4, -0.2) is 45.2 Å². The van der Waals surface area contributed by atoms with Crippen LogP contribution in [0.5, 0.6) is 11.5 Å². The van der Waals surface area contributed by atoms with Crippen LogP contribution < -0.4 is 10.1 Å². The molecule has 2 aromatic heterocycles. The first-order valence-corrected chi connectivity index (χ1v) is 10.9. The zero-order valence-corrected chi connectivity index (χ0v) is 18.0. The number of piperidine rings is 1. The normalized spacial score (nSPS) is 15.2. The van der Waals surface area contributed by atoms with E-state index in [1.807, 2.05) is 36.4 Å². The highest BCUT2D eigenvalue weighted by atomic mass is 79.9. The molecule has 0 radical (unpaired) electrons. The number of carbonyl (C=O) groups is 1. The predicted octanol–water partition coefficient (Wildman–Crippen LogP) is 4.61. The summed E-state index contributed by atoms with van der Waals surface area (Å²) in [6.07, 6.45) is 4.60. The van der Waals surface area contributed by atoms with E-state index in [1.165, 1.54) is 11.5 Å². The van der Waals surface area contributed by atoms with Crippen molar-refractivity contribution in [2.75, 3.05) is 25.0 Å². The molecule has 9 heteroatoms. The highest BCUT2D eigenvalue weighted by Gasteiger charge is 2.24. The Kier molecular flexibility index (Phi) is 6.48. The maximum absolute atomic E-state index is 10.7. The Morgan fingerprint density at radius 2 is 2.07 bits per heavy atom. The summed E-state index contributed by atoms with van der Waals surface area (Å²) in [5.41, 5.74) is 0. The van der Waals surface area contributed by atoms with Crippen LogP contribution in [0, 0.1) is 0 Å². The number of ether oxygens (including phenoxy) is 1. The van der Waals surface area contributed by atoms with Crippen LogP contribution in [0.25, 0.3) is 0 Å². The second kappa shape index (κ2) is 9.43. The summed E-state index contributed by atoms with van der Waals surface area (Å²) >= 11 is 4.76. The van der Waals surface area contributed by atoms with E-state index >= 15 is 0 Å². The van der Waals surface area contributed by atoms with Gasteiger partial charge in [-0.25, -0.2) is 9.97 Å². The molecule has 0 bridgehead atoms. The Hall–Kier alpha value is -2.36. The van der Waals surface area contributed by atoms with Crippen LogP contribution in [0.2, 0.25) is 0 Å². The van der Waals surface area contributed by atoms with Crippen LogP contribution in [0.15, 0.2) is 47.1 Å². The quantitative estimate of drug-likeness (QED) is 0.501. The monoisotopic (exact) mass is 473 g/mol. The van der Waals surface area contributed by atoms with Crippen molar-refractivity contribution < 1.29 is 9.53 Å². The van der Waals surface area contributed by atoms with Gasteiger partial charge in [-0.1, -0.05) is 18.2 Å². The number of aldehydes is 1. The Balaban J connectivity index is 1.46. The van der Waals surface area contributed by atoms with Crippen molar-refractivity contribution in [2.45, 2.75) is 18.8 Å². The number of likely N-dealkylation sites (tertiary alicyclic amines) is 1. The molecule has 0 amide bonds. The van der Waals surface area contributed by atoms with Gasteiger partial charge in [0, 0.05) is 34.2 Å². The second-order valence-corrected chi connectivity index (χ2v) is 8.41. The van der Waals surface area contributed by atoms with Gasteiger partial charge in [0.2, 0.25) is 5.13 Å². The Morgan fingerprint density at radius 1 is 1.28 bits per heavy atom. The number of pyridine rings is 1. The fourth-order valence-corrected chi connectivity index (χ4v) is 4.20. The molecule has 1 aliphatic rings. The van der Waals surface area contributed by atoms with E-state index in [0.717, 1.165) is 48.3 Å². The maximum Gasteiger partial charge on any atom is 0.208 e. The molecule has 29 heavy (non-hydrogen) atoms. The van der Waals surface area contributed by atoms with Crippen molar-refractivity contribution in [3.63, 3.8) is 0 Å². The van der Waals surface area contributed by atoms with Crippen LogP contribution in [-0.2, 0) is 4.79 Å². The predicted molar refractivity (Wildman–Crippen MR) is 116 cm³/mol. The molecule has 0 atom stereocenters. The minimum Gasteiger partial charge on any atom is -0.453 e. The van der Waals surface area contributed by atoms with E-state index in [9.17, 15) is 4.79 Å². The van der Waals surface area contributed by atoms with Gasteiger partial charge in [0.25, 0.3) is 0 Å². The van der Waals surface area contributed by atoms with Crippen LogP contribution in [0.3, 0.4) is 0 Å². The number of aromatic nitrogens is 3. The minimum atomic E-state index is 0.322. The summed E-state index contributed by atoms with van der Waals surface area (Å²) in [6, 6.07) is 11.4. The number of para-hydroxylation sites is 1. The van der Waals surface area contributed by atoms with Gasteiger partial charge in [-0.05, 0) is 54.0 Å². The third kappa shape index (κ3) is 5.17. The third-order valence-electron chi connectivity index (χ3n) is 4.74. The number of nitrogens with zero attached hydrogens (tertiary/aromatic N) is 4. The number of hydrogen-bond donors (Lipinski definition) is 1. The van der Waals surface area contributed by atoms with E-state index in [0.29, 0.717) is 29.2 Å². The smallest absolute Gasteiger partial charge is 0.208 e. The number of anilines is 2. The molecule has 4 rings (SSSR count). The lowest BCUT2D eigenvalue weighted by atomic mass is 9.96. The molecule has 1 aromatic carbocycles. The number of nitrogens with one attached hydrogen (secondary N) is 1. The molecule has 150 valence electrons. The van der Waals surface area contributed by atoms with Gasteiger partial charge in [-0.15, -0.1) is 0 Å². The summed E-state index contributed by atoms with van der Waals surface area (Å²) in [5, 5.41) is 3.92. The number of rotatable bonds is 7. The van der Waals surface area contributed by atoms with Gasteiger partial charge in [-0.2, -0.15) is 4.37 Å². The Morgan fingerprint density at radius 3 is 2.83 bits per heavy atom. The SMILES string of the molecule is O=CCN1CCC(c2nsc(Nc3ncc(Br)cc3Oc3ccccc3)n2)CC1.